The number of anilines is 1. The highest BCUT2D eigenvalue weighted by molar-refractivity contribution is 6.46. The molecular formula is C26H27N3O4. The predicted molar refractivity (Wildman–Crippen MR) is 127 cm³/mol. The number of rotatable bonds is 4. The summed E-state index contributed by atoms with van der Waals surface area (Å²) < 4.78 is 7.70. The van der Waals surface area contributed by atoms with Gasteiger partial charge in [-0.1, -0.05) is 25.1 Å². The minimum atomic E-state index is -0.652. The highest BCUT2D eigenvalue weighted by atomic mass is 16.5. The molecule has 5 rings (SSSR count). The van der Waals surface area contributed by atoms with Crippen molar-refractivity contribution in [2.24, 2.45) is 7.05 Å². The number of carbonyl (C=O) groups excluding carboxylic acids is 2. The average molecular weight is 446 g/mol. The number of aromatic nitrogens is 1. The number of ketones is 1. The number of amides is 1. The fourth-order valence-electron chi connectivity index (χ4n) is 4.92. The second-order valence-electron chi connectivity index (χ2n) is 8.66. The molecule has 1 unspecified atom stereocenters. The first-order valence-electron chi connectivity index (χ1n) is 11.2. The molecule has 1 fully saturated rings. The summed E-state index contributed by atoms with van der Waals surface area (Å²) in [6.45, 7) is 3.72. The number of fused-ring (bicyclic) bond motifs is 2. The molecule has 2 aliphatic heterocycles. The van der Waals surface area contributed by atoms with E-state index in [9.17, 15) is 14.7 Å². The summed E-state index contributed by atoms with van der Waals surface area (Å²) in [5.41, 5.74) is 3.30. The van der Waals surface area contributed by atoms with Gasteiger partial charge < -0.3 is 24.2 Å². The van der Waals surface area contributed by atoms with E-state index < -0.39 is 17.7 Å². The number of benzene rings is 2. The van der Waals surface area contributed by atoms with Crippen LogP contribution in [0.4, 0.5) is 5.69 Å². The third kappa shape index (κ3) is 3.26. The molecule has 3 heterocycles. The quantitative estimate of drug-likeness (QED) is 0.375. The Labute approximate surface area is 192 Å². The van der Waals surface area contributed by atoms with E-state index in [0.717, 1.165) is 34.4 Å². The number of nitrogens with zero attached hydrogens (tertiary/aromatic N) is 3. The molecule has 7 heteroatoms. The zero-order chi connectivity index (χ0) is 23.3. The van der Waals surface area contributed by atoms with Crippen molar-refractivity contribution < 1.29 is 19.4 Å². The molecule has 0 bridgehead atoms. The van der Waals surface area contributed by atoms with Crippen LogP contribution in [-0.4, -0.2) is 53.0 Å². The van der Waals surface area contributed by atoms with Crippen molar-refractivity contribution >= 4 is 34.0 Å². The lowest BCUT2D eigenvalue weighted by Gasteiger charge is -2.28. The van der Waals surface area contributed by atoms with Gasteiger partial charge in [0.15, 0.2) is 0 Å². The molecule has 1 amide bonds. The van der Waals surface area contributed by atoms with Crippen LogP contribution in [0.15, 0.2) is 54.2 Å². The fourth-order valence-corrected chi connectivity index (χ4v) is 4.92. The summed E-state index contributed by atoms with van der Waals surface area (Å²) in [6, 6.07) is 12.6. The van der Waals surface area contributed by atoms with E-state index in [1.165, 1.54) is 0 Å². The van der Waals surface area contributed by atoms with Crippen LogP contribution >= 0.6 is 0 Å². The first-order valence-corrected chi connectivity index (χ1v) is 11.2. The minimum absolute atomic E-state index is 0.129. The number of ether oxygens (including phenoxy) is 1. The largest absolute Gasteiger partial charge is 0.507 e. The van der Waals surface area contributed by atoms with Crippen LogP contribution < -0.4 is 9.64 Å². The van der Waals surface area contributed by atoms with Crippen LogP contribution in [0.25, 0.3) is 16.7 Å². The van der Waals surface area contributed by atoms with Crippen LogP contribution in [0, 0.1) is 0 Å². The minimum Gasteiger partial charge on any atom is -0.507 e. The summed E-state index contributed by atoms with van der Waals surface area (Å²) in [5, 5.41) is 12.4. The smallest absolute Gasteiger partial charge is 0.295 e. The Kier molecular flexibility index (Phi) is 5.12. The Morgan fingerprint density at radius 3 is 2.73 bits per heavy atom. The van der Waals surface area contributed by atoms with Gasteiger partial charge in [0.2, 0.25) is 0 Å². The summed E-state index contributed by atoms with van der Waals surface area (Å²) >= 11 is 0. The third-order valence-electron chi connectivity index (χ3n) is 6.55. The van der Waals surface area contributed by atoms with Crippen LogP contribution in [0.1, 0.15) is 30.5 Å². The van der Waals surface area contributed by atoms with Gasteiger partial charge in [-0.25, -0.2) is 0 Å². The van der Waals surface area contributed by atoms with Gasteiger partial charge >= 0.3 is 0 Å². The zero-order valence-electron chi connectivity index (χ0n) is 19.0. The van der Waals surface area contributed by atoms with Crippen molar-refractivity contribution in [2.45, 2.75) is 19.4 Å². The third-order valence-corrected chi connectivity index (χ3v) is 6.55. The summed E-state index contributed by atoms with van der Waals surface area (Å²) in [5.74, 6) is -0.653. The van der Waals surface area contributed by atoms with Gasteiger partial charge in [0.05, 0.1) is 23.8 Å². The van der Waals surface area contributed by atoms with Gasteiger partial charge in [-0.15, -0.1) is 0 Å². The summed E-state index contributed by atoms with van der Waals surface area (Å²) in [6.07, 6.45) is 2.65. The lowest BCUT2D eigenvalue weighted by Crippen LogP contribution is -2.30. The molecule has 2 aromatic carbocycles. The monoisotopic (exact) mass is 445 g/mol. The number of aliphatic hydroxyl groups excluding tert-OH is 1. The maximum atomic E-state index is 13.2. The van der Waals surface area contributed by atoms with Gasteiger partial charge in [-0.3, -0.25) is 9.59 Å². The molecule has 3 aromatic rings. The normalized spacial score (nSPS) is 19.8. The number of Topliss-reactive ketones (excluding diaryl/α,β-unsaturated/α-hetero) is 1. The summed E-state index contributed by atoms with van der Waals surface area (Å²) in [4.78, 5) is 29.9. The number of aliphatic hydroxyl groups is 1. The maximum Gasteiger partial charge on any atom is 0.295 e. The van der Waals surface area contributed by atoms with Crippen LogP contribution in [0.5, 0.6) is 5.75 Å². The lowest BCUT2D eigenvalue weighted by molar-refractivity contribution is -0.139. The second kappa shape index (κ2) is 7.99. The fraction of sp³-hybridized carbons (Fsp3) is 0.308. The molecule has 33 heavy (non-hydrogen) atoms. The average Bonchev–Trinajstić information content (AvgIpc) is 3.28. The molecule has 1 N–H and O–H groups in total. The Balaban J connectivity index is 1.72. The molecule has 0 spiro atoms. The van der Waals surface area contributed by atoms with Gasteiger partial charge in [0.1, 0.15) is 18.1 Å². The second-order valence-corrected chi connectivity index (χ2v) is 8.66. The molecule has 170 valence electrons. The lowest BCUT2D eigenvalue weighted by atomic mass is 9.94. The maximum absolute atomic E-state index is 13.2. The highest BCUT2D eigenvalue weighted by Crippen LogP contribution is 2.43. The Morgan fingerprint density at radius 1 is 1.15 bits per heavy atom. The molecular weight excluding hydrogens is 418 g/mol. The molecule has 7 nitrogen and oxygen atoms in total. The SMILES string of the molecule is CCCN1C(=O)C(=O)/C(=C(/O)c2ccc3c(c2)N(C)CCO3)C1c1cn(C)c2ccccc12. The zero-order valence-corrected chi connectivity index (χ0v) is 19.0. The van der Waals surface area contributed by atoms with E-state index in [4.69, 9.17) is 4.74 Å². The van der Waals surface area contributed by atoms with E-state index in [2.05, 4.69) is 0 Å². The Hall–Kier alpha value is -3.74. The van der Waals surface area contributed by atoms with Crippen molar-refractivity contribution in [1.82, 2.24) is 9.47 Å². The molecule has 0 aliphatic carbocycles. The van der Waals surface area contributed by atoms with Crippen LogP contribution in [0.2, 0.25) is 0 Å². The van der Waals surface area contributed by atoms with E-state index in [-0.39, 0.29) is 11.3 Å². The number of likely N-dealkylation sites (N-methyl/N-ethyl adjacent to an activating group) is 1. The van der Waals surface area contributed by atoms with Gasteiger partial charge in [0, 0.05) is 48.9 Å². The number of likely N-dealkylation sites (tertiary alicyclic amines) is 1. The number of hydrogen-bond donors (Lipinski definition) is 1. The van der Waals surface area contributed by atoms with Crippen molar-refractivity contribution in [3.63, 3.8) is 0 Å². The highest BCUT2D eigenvalue weighted by Gasteiger charge is 2.46. The van der Waals surface area contributed by atoms with Crippen molar-refractivity contribution in [1.29, 1.82) is 0 Å². The van der Waals surface area contributed by atoms with Crippen molar-refractivity contribution in [3.05, 3.63) is 65.4 Å². The molecule has 1 saturated heterocycles. The van der Waals surface area contributed by atoms with Crippen LogP contribution in [-0.2, 0) is 16.6 Å². The van der Waals surface area contributed by atoms with E-state index in [1.54, 1.807) is 17.0 Å². The summed E-state index contributed by atoms with van der Waals surface area (Å²) in [7, 11) is 3.90. The Morgan fingerprint density at radius 2 is 1.94 bits per heavy atom. The molecule has 1 atom stereocenters. The number of aryl methyl sites for hydroxylation is 1. The van der Waals surface area contributed by atoms with Crippen molar-refractivity contribution in [2.75, 3.05) is 31.6 Å². The first kappa shape index (κ1) is 21.1. The van der Waals surface area contributed by atoms with Crippen molar-refractivity contribution in [3.8, 4) is 5.75 Å². The predicted octanol–water partition coefficient (Wildman–Crippen LogP) is 3.84. The van der Waals surface area contributed by atoms with Gasteiger partial charge in [0.25, 0.3) is 11.7 Å². The standard InChI is InChI=1S/C26H27N3O4/c1-4-11-29-23(18-15-28(3)19-8-6-5-7-17(18)19)22(25(31)26(29)32)24(30)16-9-10-21-20(14-16)27(2)12-13-33-21/h5-10,14-15,23,30H,4,11-13H2,1-3H3/b24-22+. The van der Waals surface area contributed by atoms with Gasteiger partial charge in [-0.2, -0.15) is 0 Å². The Bertz CT molecular complexity index is 1310. The number of para-hydroxylation sites is 1. The first-order chi connectivity index (χ1) is 15.9. The molecule has 0 saturated carbocycles. The topological polar surface area (TPSA) is 75.0 Å². The van der Waals surface area contributed by atoms with E-state index in [1.807, 2.05) is 67.0 Å². The molecule has 0 radical (unpaired) electrons. The molecule has 2 aliphatic rings. The molecule has 1 aromatic heterocycles. The number of carbonyl (C=O) groups is 2. The van der Waals surface area contributed by atoms with E-state index in [0.29, 0.717) is 25.1 Å². The van der Waals surface area contributed by atoms with Gasteiger partial charge in [-0.05, 0) is 30.7 Å². The van der Waals surface area contributed by atoms with E-state index >= 15 is 0 Å². The number of hydrogen-bond acceptors (Lipinski definition) is 5. The van der Waals surface area contributed by atoms with Crippen LogP contribution in [0.3, 0.4) is 0 Å².